The predicted octanol–water partition coefficient (Wildman–Crippen LogP) is 4.50. The Morgan fingerprint density at radius 1 is 1.38 bits per heavy atom. The third-order valence-corrected chi connectivity index (χ3v) is 3.85. The lowest BCUT2D eigenvalue weighted by molar-refractivity contribution is 0.568. The molecular formula is C13H18OS2. The number of hydrogen-bond donors (Lipinski definition) is 0. The van der Waals surface area contributed by atoms with Crippen LogP contribution in [0.5, 0.6) is 5.75 Å². The monoisotopic (exact) mass is 254 g/mol. The summed E-state index contributed by atoms with van der Waals surface area (Å²) in [5.74, 6) is 0.906. The van der Waals surface area contributed by atoms with E-state index in [-0.39, 0.29) is 0 Å². The molecule has 0 amide bonds. The molecule has 0 radical (unpaired) electrons. The summed E-state index contributed by atoms with van der Waals surface area (Å²) in [5.41, 5.74) is 2.26. The summed E-state index contributed by atoms with van der Waals surface area (Å²) in [6, 6.07) is 6.11. The van der Waals surface area contributed by atoms with Crippen LogP contribution in [0.1, 0.15) is 31.4 Å². The molecule has 0 spiro atoms. The molecule has 1 rings (SSSR count). The minimum atomic E-state index is 0.511. The minimum absolute atomic E-state index is 0.511. The zero-order valence-electron chi connectivity index (χ0n) is 10.2. The Balaban J connectivity index is 2.70. The van der Waals surface area contributed by atoms with Gasteiger partial charge in [-0.3, -0.25) is 0 Å². The average Bonchev–Trinajstić information content (AvgIpc) is 2.23. The van der Waals surface area contributed by atoms with Gasteiger partial charge in [-0.25, -0.2) is 0 Å². The van der Waals surface area contributed by atoms with Gasteiger partial charge in [-0.2, -0.15) is 0 Å². The molecule has 1 atom stereocenters. The lowest BCUT2D eigenvalue weighted by atomic mass is 10.1. The van der Waals surface area contributed by atoms with Crippen LogP contribution in [-0.2, 0) is 0 Å². The van der Waals surface area contributed by atoms with E-state index < -0.39 is 0 Å². The molecule has 16 heavy (non-hydrogen) atoms. The SMILES string of the molecule is CCC(C)SC(=S)Oc1c(C)cccc1C. The molecule has 1 aromatic rings. The maximum Gasteiger partial charge on any atom is 0.226 e. The van der Waals surface area contributed by atoms with E-state index in [2.05, 4.69) is 13.8 Å². The quantitative estimate of drug-likeness (QED) is 0.735. The van der Waals surface area contributed by atoms with Crippen molar-refractivity contribution < 1.29 is 4.74 Å². The standard InChI is InChI=1S/C13H18OS2/c1-5-11(4)16-13(15)14-12-9(2)7-6-8-10(12)3/h6-8,11H,5H2,1-4H3. The van der Waals surface area contributed by atoms with Gasteiger partial charge in [0.1, 0.15) is 5.75 Å². The second-order valence-electron chi connectivity index (χ2n) is 3.91. The molecule has 0 saturated heterocycles. The summed E-state index contributed by atoms with van der Waals surface area (Å²) in [6.45, 7) is 8.39. The van der Waals surface area contributed by atoms with Crippen molar-refractivity contribution in [2.24, 2.45) is 0 Å². The van der Waals surface area contributed by atoms with Gasteiger partial charge in [-0.15, -0.1) is 0 Å². The molecule has 0 fully saturated rings. The highest BCUT2D eigenvalue weighted by atomic mass is 32.2. The van der Waals surface area contributed by atoms with Crippen LogP contribution in [0.25, 0.3) is 0 Å². The topological polar surface area (TPSA) is 9.23 Å². The number of thioether (sulfide) groups is 1. The first kappa shape index (κ1) is 13.5. The smallest absolute Gasteiger partial charge is 0.226 e. The lowest BCUT2D eigenvalue weighted by Crippen LogP contribution is -2.07. The van der Waals surface area contributed by atoms with E-state index in [1.165, 1.54) is 0 Å². The van der Waals surface area contributed by atoms with E-state index in [1.807, 2.05) is 32.0 Å². The molecule has 0 aliphatic heterocycles. The number of benzene rings is 1. The van der Waals surface area contributed by atoms with E-state index in [0.717, 1.165) is 23.3 Å². The fraction of sp³-hybridized carbons (Fsp3) is 0.462. The van der Waals surface area contributed by atoms with Crippen molar-refractivity contribution in [3.05, 3.63) is 29.3 Å². The molecule has 88 valence electrons. The molecule has 0 N–H and O–H groups in total. The van der Waals surface area contributed by atoms with Crippen LogP contribution >= 0.6 is 24.0 Å². The summed E-state index contributed by atoms with van der Waals surface area (Å²) in [5, 5.41) is 0.511. The van der Waals surface area contributed by atoms with Crippen LogP contribution in [0.2, 0.25) is 0 Å². The van der Waals surface area contributed by atoms with Gasteiger partial charge in [0.25, 0.3) is 0 Å². The van der Waals surface area contributed by atoms with E-state index in [9.17, 15) is 0 Å². The summed E-state index contributed by atoms with van der Waals surface area (Å²) in [4.78, 5) is 0. The Morgan fingerprint density at radius 2 is 1.94 bits per heavy atom. The Hall–Kier alpha value is -0.540. The maximum atomic E-state index is 5.74. The molecule has 1 nitrogen and oxygen atoms in total. The molecule has 0 saturated carbocycles. The van der Waals surface area contributed by atoms with Crippen molar-refractivity contribution in [1.29, 1.82) is 0 Å². The van der Waals surface area contributed by atoms with E-state index in [1.54, 1.807) is 11.8 Å². The second-order valence-corrected chi connectivity index (χ2v) is 5.95. The number of thiocarbonyl (C=S) groups is 1. The first-order valence-corrected chi connectivity index (χ1v) is 6.78. The van der Waals surface area contributed by atoms with Crippen molar-refractivity contribution in [3.8, 4) is 5.75 Å². The third kappa shape index (κ3) is 3.80. The summed E-state index contributed by atoms with van der Waals surface area (Å²) in [6.07, 6.45) is 1.10. The molecule has 3 heteroatoms. The lowest BCUT2D eigenvalue weighted by Gasteiger charge is -2.13. The molecule has 0 heterocycles. The van der Waals surface area contributed by atoms with Crippen molar-refractivity contribution in [2.75, 3.05) is 0 Å². The van der Waals surface area contributed by atoms with Crippen LogP contribution in [0.15, 0.2) is 18.2 Å². The Kier molecular flexibility index (Phi) is 5.29. The van der Waals surface area contributed by atoms with Crippen LogP contribution in [0, 0.1) is 13.8 Å². The van der Waals surface area contributed by atoms with Gasteiger partial charge >= 0.3 is 0 Å². The van der Waals surface area contributed by atoms with Gasteiger partial charge in [0.15, 0.2) is 0 Å². The number of ether oxygens (including phenoxy) is 1. The molecule has 0 aliphatic rings. The molecule has 1 unspecified atom stereocenters. The zero-order chi connectivity index (χ0) is 12.1. The molecule has 1 aromatic carbocycles. The highest BCUT2D eigenvalue weighted by Crippen LogP contribution is 2.26. The number of aryl methyl sites for hydroxylation is 2. The fourth-order valence-corrected chi connectivity index (χ4v) is 2.52. The normalized spacial score (nSPS) is 12.2. The molecule has 0 aliphatic carbocycles. The Bertz CT molecular complexity index is 354. The predicted molar refractivity (Wildman–Crippen MR) is 76.5 cm³/mol. The largest absolute Gasteiger partial charge is 0.439 e. The highest BCUT2D eigenvalue weighted by Gasteiger charge is 2.09. The average molecular weight is 254 g/mol. The third-order valence-electron chi connectivity index (χ3n) is 2.47. The second kappa shape index (κ2) is 6.26. The van der Waals surface area contributed by atoms with Gasteiger partial charge in [-0.1, -0.05) is 43.8 Å². The van der Waals surface area contributed by atoms with Crippen molar-refractivity contribution >= 4 is 28.4 Å². The van der Waals surface area contributed by atoms with Crippen LogP contribution < -0.4 is 4.74 Å². The van der Waals surface area contributed by atoms with Crippen molar-refractivity contribution in [2.45, 2.75) is 39.4 Å². The zero-order valence-corrected chi connectivity index (χ0v) is 11.9. The van der Waals surface area contributed by atoms with Crippen LogP contribution in [-0.4, -0.2) is 9.63 Å². The van der Waals surface area contributed by atoms with Crippen LogP contribution in [0.3, 0.4) is 0 Å². The minimum Gasteiger partial charge on any atom is -0.439 e. The van der Waals surface area contributed by atoms with E-state index in [0.29, 0.717) is 9.63 Å². The van der Waals surface area contributed by atoms with Gasteiger partial charge in [0.05, 0.1) is 0 Å². The fourth-order valence-electron chi connectivity index (χ4n) is 1.32. The Morgan fingerprint density at radius 3 is 2.44 bits per heavy atom. The van der Waals surface area contributed by atoms with E-state index in [4.69, 9.17) is 17.0 Å². The molecule has 0 bridgehead atoms. The number of rotatable bonds is 3. The summed E-state index contributed by atoms with van der Waals surface area (Å²) < 4.78 is 6.36. The van der Waals surface area contributed by atoms with Gasteiger partial charge in [0, 0.05) is 5.25 Å². The molecular weight excluding hydrogens is 236 g/mol. The number of hydrogen-bond acceptors (Lipinski definition) is 3. The first-order valence-electron chi connectivity index (χ1n) is 5.49. The summed E-state index contributed by atoms with van der Waals surface area (Å²) >= 11 is 6.86. The first-order chi connectivity index (χ1) is 7.54. The van der Waals surface area contributed by atoms with Crippen LogP contribution in [0.4, 0.5) is 0 Å². The van der Waals surface area contributed by atoms with Gasteiger partial charge in [-0.05, 0) is 43.6 Å². The highest BCUT2D eigenvalue weighted by molar-refractivity contribution is 8.23. The maximum absolute atomic E-state index is 5.74. The van der Waals surface area contributed by atoms with Crippen molar-refractivity contribution in [3.63, 3.8) is 0 Å². The summed E-state index contributed by atoms with van der Waals surface area (Å²) in [7, 11) is 0. The Labute approximate surface area is 108 Å². The van der Waals surface area contributed by atoms with Gasteiger partial charge in [0.2, 0.25) is 4.38 Å². The van der Waals surface area contributed by atoms with E-state index >= 15 is 0 Å². The molecule has 0 aromatic heterocycles. The number of para-hydroxylation sites is 1. The van der Waals surface area contributed by atoms with Crippen molar-refractivity contribution in [1.82, 2.24) is 0 Å². The van der Waals surface area contributed by atoms with Gasteiger partial charge < -0.3 is 4.74 Å².